The molecule has 4 aliphatic heterocycles. The van der Waals surface area contributed by atoms with Crippen LogP contribution in [0.25, 0.3) is 166 Å². The van der Waals surface area contributed by atoms with E-state index >= 15 is 0 Å². The molecule has 0 N–H and O–H groups in total. The molecule has 0 unspecified atom stereocenters. The Morgan fingerprint density at radius 1 is 0.181 bits per heavy atom. The highest BCUT2D eigenvalue weighted by Gasteiger charge is 2.46. The standard InChI is InChI=1S/C88H48B2Br4/c91-57-31-33-77-66(40-57)74-42-60(94)44-76-70-46-68(82-63(53-27-15-5-16-28-53)37-56(50-21-9-2-10-22-50)38-64(82)54-29-17-6-18-30-54)72-48-80-83-69(75-43-59(93)41-73-65-39-58(92)32-34-78(65)90(80)87(73)75)45-67(71-47-79(89(77)88(74)76)84(70)86(72)85(71)83)81-61(51-23-11-3-12-24-51)35-55(49-19-7-1-8-20-49)36-62(81)52-25-13-4-14-26-52/h1-48H. The van der Waals surface area contributed by atoms with E-state index in [4.69, 9.17) is 0 Å². The van der Waals surface area contributed by atoms with Gasteiger partial charge in [0, 0.05) is 17.9 Å². The smallest absolute Gasteiger partial charge is 0.0652 e. The van der Waals surface area contributed by atoms with Crippen molar-refractivity contribution in [3.8, 4) is 134 Å². The van der Waals surface area contributed by atoms with Gasteiger partial charge in [-0.15, -0.1) is 0 Å². The molecule has 0 saturated heterocycles. The SMILES string of the molecule is Brc1ccc2c(c1)-c1cc(Br)cc3c1B2c1cc2c(-c4c(-c5ccccc5)cc(-c5ccccc5)cc4-c4ccccc4)cc4c5c(cc6c(-c7c(-c8ccccc8)cc(-c8ccccc8)cc7-c7ccccc7)cc-3c1c6c25)B1c2ccc(Br)cc2-c2cc(Br)cc-4c21. The molecule has 0 radical (unpaired) electrons. The van der Waals surface area contributed by atoms with E-state index in [1.807, 2.05) is 0 Å². The fourth-order valence-electron chi connectivity index (χ4n) is 17.1. The predicted octanol–water partition coefficient (Wildman–Crippen LogP) is 21.9. The second kappa shape index (κ2) is 21.1. The zero-order valence-electron chi connectivity index (χ0n) is 50.4. The molecule has 0 spiro atoms. The molecular formula is C88H48B2Br4. The molecule has 0 amide bonds. The summed E-state index contributed by atoms with van der Waals surface area (Å²) in [5.41, 5.74) is 37.2. The lowest BCUT2D eigenvalue weighted by Gasteiger charge is -2.33. The fraction of sp³-hybridized carbons (Fsp3) is 0. The summed E-state index contributed by atoms with van der Waals surface area (Å²) in [5, 5.41) is 7.77. The Labute approximate surface area is 579 Å². The molecule has 94 heavy (non-hydrogen) atoms. The zero-order valence-corrected chi connectivity index (χ0v) is 56.7. The van der Waals surface area contributed by atoms with Gasteiger partial charge in [-0.05, 0) is 251 Å². The Bertz CT molecular complexity index is 5450. The van der Waals surface area contributed by atoms with Gasteiger partial charge in [0.25, 0.3) is 0 Å². The van der Waals surface area contributed by atoms with Crippen LogP contribution in [-0.2, 0) is 0 Å². The first-order valence-corrected chi connectivity index (χ1v) is 35.3. The molecule has 0 nitrogen and oxygen atoms in total. The van der Waals surface area contributed by atoms with E-state index in [9.17, 15) is 0 Å². The summed E-state index contributed by atoms with van der Waals surface area (Å²) in [7, 11) is 0. The van der Waals surface area contributed by atoms with Gasteiger partial charge in [0.1, 0.15) is 0 Å². The maximum Gasteiger partial charge on any atom is 0.244 e. The monoisotopic (exact) mass is 1440 g/mol. The van der Waals surface area contributed by atoms with Gasteiger partial charge in [0.2, 0.25) is 13.4 Å². The van der Waals surface area contributed by atoms with Gasteiger partial charge in [0.15, 0.2) is 0 Å². The largest absolute Gasteiger partial charge is 0.244 e. The molecule has 4 heterocycles. The highest BCUT2D eigenvalue weighted by molar-refractivity contribution is 9.11. The molecule has 0 aliphatic carbocycles. The van der Waals surface area contributed by atoms with Crippen LogP contribution in [0, 0.1) is 0 Å². The van der Waals surface area contributed by atoms with Crippen molar-refractivity contribution < 1.29 is 0 Å². The number of benzene rings is 16. The van der Waals surface area contributed by atoms with Gasteiger partial charge < -0.3 is 0 Å². The molecule has 20 rings (SSSR count). The van der Waals surface area contributed by atoms with Gasteiger partial charge in [-0.1, -0.05) is 303 Å². The first-order chi connectivity index (χ1) is 46.3. The Hall–Kier alpha value is -9.39. The molecule has 16 aromatic rings. The Balaban J connectivity index is 1.05. The summed E-state index contributed by atoms with van der Waals surface area (Å²) in [6.07, 6.45) is 0. The molecule has 0 saturated carbocycles. The van der Waals surface area contributed by atoms with Crippen LogP contribution in [0.5, 0.6) is 0 Å². The lowest BCUT2D eigenvalue weighted by atomic mass is 9.34. The third-order valence-electron chi connectivity index (χ3n) is 20.8. The minimum atomic E-state index is -0.0435. The lowest BCUT2D eigenvalue weighted by Crippen LogP contribution is -2.53. The Morgan fingerprint density at radius 2 is 0.468 bits per heavy atom. The van der Waals surface area contributed by atoms with Crippen LogP contribution in [0.3, 0.4) is 0 Å². The molecule has 0 fully saturated rings. The van der Waals surface area contributed by atoms with Crippen LogP contribution in [0.2, 0.25) is 0 Å². The van der Waals surface area contributed by atoms with Crippen LogP contribution < -0.4 is 32.8 Å². The van der Waals surface area contributed by atoms with E-state index in [1.165, 1.54) is 199 Å². The van der Waals surface area contributed by atoms with Crippen molar-refractivity contribution in [3.05, 3.63) is 309 Å². The third kappa shape index (κ3) is 8.10. The molecule has 0 bridgehead atoms. The minimum absolute atomic E-state index is 0.0435. The van der Waals surface area contributed by atoms with Crippen molar-refractivity contribution in [1.82, 2.24) is 0 Å². The number of hydrogen-bond acceptors (Lipinski definition) is 0. The van der Waals surface area contributed by atoms with Crippen LogP contribution in [-0.4, -0.2) is 13.4 Å². The maximum atomic E-state index is 4.19. The van der Waals surface area contributed by atoms with E-state index in [1.54, 1.807) is 0 Å². The van der Waals surface area contributed by atoms with Crippen molar-refractivity contribution >= 4 is 142 Å². The summed E-state index contributed by atoms with van der Waals surface area (Å²) in [6, 6.07) is 111. The minimum Gasteiger partial charge on any atom is -0.0652 e. The molecule has 6 heteroatoms. The third-order valence-corrected chi connectivity index (χ3v) is 22.7. The van der Waals surface area contributed by atoms with Gasteiger partial charge in [-0.2, -0.15) is 0 Å². The molecule has 0 atom stereocenters. The molecule has 4 aliphatic rings. The van der Waals surface area contributed by atoms with Crippen molar-refractivity contribution in [1.29, 1.82) is 0 Å². The van der Waals surface area contributed by atoms with E-state index in [0.29, 0.717) is 0 Å². The summed E-state index contributed by atoms with van der Waals surface area (Å²) in [5.74, 6) is 0. The van der Waals surface area contributed by atoms with E-state index in [0.717, 1.165) is 17.9 Å². The number of rotatable bonds is 8. The summed E-state index contributed by atoms with van der Waals surface area (Å²) in [4.78, 5) is 0. The average molecular weight is 1450 g/mol. The van der Waals surface area contributed by atoms with Crippen molar-refractivity contribution in [2.24, 2.45) is 0 Å². The van der Waals surface area contributed by atoms with Crippen LogP contribution in [0.15, 0.2) is 309 Å². The quantitative estimate of drug-likeness (QED) is 0.105. The lowest BCUT2D eigenvalue weighted by molar-refractivity contribution is 1.55. The number of halogens is 4. The summed E-state index contributed by atoms with van der Waals surface area (Å²) >= 11 is 16.3. The first kappa shape index (κ1) is 55.1. The topological polar surface area (TPSA) is 0 Å². The summed E-state index contributed by atoms with van der Waals surface area (Å²) < 4.78 is 4.28. The van der Waals surface area contributed by atoms with Crippen LogP contribution in [0.1, 0.15) is 0 Å². The van der Waals surface area contributed by atoms with Crippen LogP contribution >= 0.6 is 63.7 Å². The molecule has 0 aromatic heterocycles. The molecular weight excluding hydrogens is 1400 g/mol. The highest BCUT2D eigenvalue weighted by Crippen LogP contribution is 2.56. The van der Waals surface area contributed by atoms with Crippen molar-refractivity contribution in [2.75, 3.05) is 0 Å². The zero-order chi connectivity index (χ0) is 62.2. The Morgan fingerprint density at radius 3 is 0.787 bits per heavy atom. The van der Waals surface area contributed by atoms with Gasteiger partial charge in [-0.25, -0.2) is 0 Å². The predicted molar refractivity (Wildman–Crippen MR) is 415 cm³/mol. The van der Waals surface area contributed by atoms with Gasteiger partial charge in [0.05, 0.1) is 0 Å². The first-order valence-electron chi connectivity index (χ1n) is 32.1. The number of fused-ring (bicyclic) bond motifs is 10. The summed E-state index contributed by atoms with van der Waals surface area (Å²) in [6.45, 7) is -0.0870. The maximum absolute atomic E-state index is 4.19. The van der Waals surface area contributed by atoms with E-state index in [-0.39, 0.29) is 13.4 Å². The van der Waals surface area contributed by atoms with Gasteiger partial charge >= 0.3 is 0 Å². The average Bonchev–Trinajstić information content (AvgIpc) is 1.17. The normalized spacial score (nSPS) is 12.6. The highest BCUT2D eigenvalue weighted by atomic mass is 79.9. The van der Waals surface area contributed by atoms with E-state index < -0.39 is 0 Å². The number of hydrogen-bond donors (Lipinski definition) is 0. The second-order valence-corrected chi connectivity index (χ2v) is 29.4. The van der Waals surface area contributed by atoms with Crippen molar-refractivity contribution in [2.45, 2.75) is 0 Å². The molecule has 434 valence electrons. The fourth-order valence-corrected chi connectivity index (χ4v) is 18.8. The second-order valence-electron chi connectivity index (χ2n) is 25.7. The van der Waals surface area contributed by atoms with Crippen molar-refractivity contribution in [3.63, 3.8) is 0 Å². The molecule has 16 aromatic carbocycles. The van der Waals surface area contributed by atoms with Gasteiger partial charge in [-0.3, -0.25) is 0 Å². The van der Waals surface area contributed by atoms with E-state index in [2.05, 4.69) is 355 Å². The Kier molecular flexibility index (Phi) is 12.3. The van der Waals surface area contributed by atoms with Crippen LogP contribution in [0.4, 0.5) is 0 Å².